The molecular weight excluding hydrogens is 318 g/mol. The molecule has 2 aromatic rings. The number of amides is 1. The van der Waals surface area contributed by atoms with E-state index in [1.54, 1.807) is 12.1 Å². The van der Waals surface area contributed by atoms with Gasteiger partial charge in [-0.25, -0.2) is 0 Å². The number of carboxylic acids is 1. The lowest BCUT2D eigenvalue weighted by molar-refractivity contribution is -0.143. The molecule has 5 heteroatoms. The summed E-state index contributed by atoms with van der Waals surface area (Å²) in [7, 11) is 0. The summed E-state index contributed by atoms with van der Waals surface area (Å²) in [5, 5.41) is 11.9. The molecule has 25 heavy (non-hydrogen) atoms. The second-order valence-corrected chi connectivity index (χ2v) is 6.32. The highest BCUT2D eigenvalue weighted by Crippen LogP contribution is 2.30. The van der Waals surface area contributed by atoms with Crippen LogP contribution in [-0.2, 0) is 9.59 Å². The summed E-state index contributed by atoms with van der Waals surface area (Å²) in [4.78, 5) is 23.3. The third-order valence-electron chi connectivity index (χ3n) is 4.55. The standard InChI is InChI=1S/C20H21NO4/c22-19(14-6-8-15(9-7-14)20(23)24)21-16-10-12-18(13-11-16)25-17-4-2-1-3-5-17/h1-5,10-15H,6-9H2,(H,21,22)(H,23,24). The topological polar surface area (TPSA) is 75.6 Å². The molecule has 5 nitrogen and oxygen atoms in total. The maximum Gasteiger partial charge on any atom is 0.306 e. The van der Waals surface area contributed by atoms with Crippen LogP contribution in [-0.4, -0.2) is 17.0 Å². The summed E-state index contributed by atoms with van der Waals surface area (Å²) >= 11 is 0. The molecule has 0 spiro atoms. The molecule has 0 saturated heterocycles. The van der Waals surface area contributed by atoms with Crippen LogP contribution in [0.15, 0.2) is 54.6 Å². The van der Waals surface area contributed by atoms with Gasteiger partial charge in [-0.2, -0.15) is 0 Å². The van der Waals surface area contributed by atoms with E-state index in [2.05, 4.69) is 5.32 Å². The van der Waals surface area contributed by atoms with Gasteiger partial charge in [-0.15, -0.1) is 0 Å². The lowest BCUT2D eigenvalue weighted by Crippen LogP contribution is -2.29. The Labute approximate surface area is 146 Å². The van der Waals surface area contributed by atoms with E-state index in [1.165, 1.54) is 0 Å². The molecule has 1 fully saturated rings. The molecule has 1 aliphatic carbocycles. The summed E-state index contributed by atoms with van der Waals surface area (Å²) in [6, 6.07) is 16.7. The Morgan fingerprint density at radius 3 is 2.00 bits per heavy atom. The number of para-hydroxylation sites is 1. The van der Waals surface area contributed by atoms with Crippen LogP contribution in [0.4, 0.5) is 5.69 Å². The molecule has 1 saturated carbocycles. The van der Waals surface area contributed by atoms with Crippen LogP contribution in [0.1, 0.15) is 25.7 Å². The summed E-state index contributed by atoms with van der Waals surface area (Å²) in [6.45, 7) is 0. The minimum absolute atomic E-state index is 0.0411. The fourth-order valence-corrected chi connectivity index (χ4v) is 3.08. The zero-order chi connectivity index (χ0) is 17.6. The van der Waals surface area contributed by atoms with Crippen LogP contribution >= 0.6 is 0 Å². The number of benzene rings is 2. The number of carboxylic acid groups (broad SMARTS) is 1. The largest absolute Gasteiger partial charge is 0.481 e. The van der Waals surface area contributed by atoms with Crippen LogP contribution in [0.5, 0.6) is 11.5 Å². The minimum Gasteiger partial charge on any atom is -0.481 e. The number of nitrogens with one attached hydrogen (secondary N) is 1. The second-order valence-electron chi connectivity index (χ2n) is 6.32. The van der Waals surface area contributed by atoms with Gasteiger partial charge in [0.1, 0.15) is 11.5 Å². The van der Waals surface area contributed by atoms with Gasteiger partial charge in [-0.3, -0.25) is 9.59 Å². The highest BCUT2D eigenvalue weighted by Gasteiger charge is 2.29. The lowest BCUT2D eigenvalue weighted by Gasteiger charge is -2.25. The Morgan fingerprint density at radius 2 is 1.40 bits per heavy atom. The number of carbonyl (C=O) groups excluding carboxylic acids is 1. The van der Waals surface area contributed by atoms with Crippen LogP contribution in [0, 0.1) is 11.8 Å². The summed E-state index contributed by atoms with van der Waals surface area (Å²) < 4.78 is 5.72. The summed E-state index contributed by atoms with van der Waals surface area (Å²) in [5.41, 5.74) is 0.714. The molecule has 0 atom stereocenters. The first-order valence-corrected chi connectivity index (χ1v) is 8.48. The van der Waals surface area contributed by atoms with Gasteiger partial charge in [0.05, 0.1) is 5.92 Å². The van der Waals surface area contributed by atoms with Crippen molar-refractivity contribution in [3.8, 4) is 11.5 Å². The van der Waals surface area contributed by atoms with E-state index in [-0.39, 0.29) is 17.7 Å². The Hall–Kier alpha value is -2.82. The summed E-state index contributed by atoms with van der Waals surface area (Å²) in [6.07, 6.45) is 2.38. The first kappa shape index (κ1) is 17.0. The van der Waals surface area contributed by atoms with Crippen molar-refractivity contribution in [1.29, 1.82) is 0 Å². The average molecular weight is 339 g/mol. The van der Waals surface area contributed by atoms with Gasteiger partial charge < -0.3 is 15.2 Å². The van der Waals surface area contributed by atoms with Gasteiger partial charge in [0, 0.05) is 11.6 Å². The number of rotatable bonds is 5. The predicted octanol–water partition coefficient (Wildman–Crippen LogP) is 4.31. The van der Waals surface area contributed by atoms with E-state index in [4.69, 9.17) is 9.84 Å². The van der Waals surface area contributed by atoms with Crippen molar-refractivity contribution in [3.05, 3.63) is 54.6 Å². The Bertz CT molecular complexity index is 719. The van der Waals surface area contributed by atoms with Crippen LogP contribution in [0.3, 0.4) is 0 Å². The monoisotopic (exact) mass is 339 g/mol. The van der Waals surface area contributed by atoms with Crippen molar-refractivity contribution in [3.63, 3.8) is 0 Å². The van der Waals surface area contributed by atoms with Crippen molar-refractivity contribution in [2.45, 2.75) is 25.7 Å². The van der Waals surface area contributed by atoms with Gasteiger partial charge in [0.15, 0.2) is 0 Å². The Balaban J connectivity index is 1.53. The predicted molar refractivity (Wildman–Crippen MR) is 94.7 cm³/mol. The minimum atomic E-state index is -0.757. The third kappa shape index (κ3) is 4.59. The molecule has 0 unspecified atom stereocenters. The molecule has 0 radical (unpaired) electrons. The number of ether oxygens (including phenoxy) is 1. The van der Waals surface area contributed by atoms with Crippen LogP contribution in [0.25, 0.3) is 0 Å². The van der Waals surface area contributed by atoms with Gasteiger partial charge in [-0.05, 0) is 62.1 Å². The van der Waals surface area contributed by atoms with Crippen molar-refractivity contribution >= 4 is 17.6 Å². The van der Waals surface area contributed by atoms with E-state index in [9.17, 15) is 9.59 Å². The van der Waals surface area contributed by atoms with Gasteiger partial charge >= 0.3 is 5.97 Å². The number of aliphatic carboxylic acids is 1. The van der Waals surface area contributed by atoms with E-state index >= 15 is 0 Å². The van der Waals surface area contributed by atoms with Crippen LogP contribution < -0.4 is 10.1 Å². The van der Waals surface area contributed by atoms with Crippen molar-refractivity contribution < 1.29 is 19.4 Å². The SMILES string of the molecule is O=C(O)C1CCC(C(=O)Nc2ccc(Oc3ccccc3)cc2)CC1. The number of carbonyl (C=O) groups is 2. The third-order valence-corrected chi connectivity index (χ3v) is 4.55. The van der Waals surface area contributed by atoms with Crippen LogP contribution in [0.2, 0.25) is 0 Å². The van der Waals surface area contributed by atoms with Gasteiger partial charge in [-0.1, -0.05) is 18.2 Å². The van der Waals surface area contributed by atoms with E-state index in [0.29, 0.717) is 37.1 Å². The van der Waals surface area contributed by atoms with Gasteiger partial charge in [0.2, 0.25) is 5.91 Å². The lowest BCUT2D eigenvalue weighted by atomic mass is 9.81. The average Bonchev–Trinajstić information content (AvgIpc) is 2.64. The molecule has 1 aliphatic rings. The zero-order valence-corrected chi connectivity index (χ0v) is 13.9. The number of anilines is 1. The normalized spacial score (nSPS) is 19.8. The molecule has 0 aromatic heterocycles. The smallest absolute Gasteiger partial charge is 0.306 e. The molecule has 0 aliphatic heterocycles. The van der Waals surface area contributed by atoms with Crippen molar-refractivity contribution in [1.82, 2.24) is 0 Å². The first-order valence-electron chi connectivity index (χ1n) is 8.48. The maximum absolute atomic E-state index is 12.3. The van der Waals surface area contributed by atoms with Gasteiger partial charge in [0.25, 0.3) is 0 Å². The molecule has 130 valence electrons. The molecule has 2 N–H and O–H groups in total. The second kappa shape index (κ2) is 7.83. The van der Waals surface area contributed by atoms with E-state index in [0.717, 1.165) is 5.75 Å². The fourth-order valence-electron chi connectivity index (χ4n) is 3.08. The summed E-state index contributed by atoms with van der Waals surface area (Å²) in [5.74, 6) is 0.239. The molecule has 1 amide bonds. The molecule has 0 heterocycles. The van der Waals surface area contributed by atoms with E-state index < -0.39 is 5.97 Å². The first-order chi connectivity index (χ1) is 12.1. The molecular formula is C20H21NO4. The number of hydrogen-bond donors (Lipinski definition) is 2. The molecule has 3 rings (SSSR count). The fraction of sp³-hybridized carbons (Fsp3) is 0.300. The highest BCUT2D eigenvalue weighted by molar-refractivity contribution is 5.92. The number of hydrogen-bond acceptors (Lipinski definition) is 3. The zero-order valence-electron chi connectivity index (χ0n) is 13.9. The van der Waals surface area contributed by atoms with Crippen molar-refractivity contribution in [2.75, 3.05) is 5.32 Å². The molecule has 2 aromatic carbocycles. The quantitative estimate of drug-likeness (QED) is 0.851. The van der Waals surface area contributed by atoms with Crippen molar-refractivity contribution in [2.24, 2.45) is 11.8 Å². The maximum atomic E-state index is 12.3. The Morgan fingerprint density at radius 1 is 0.840 bits per heavy atom. The van der Waals surface area contributed by atoms with E-state index in [1.807, 2.05) is 42.5 Å². The highest BCUT2D eigenvalue weighted by atomic mass is 16.5. The molecule has 0 bridgehead atoms. The Kier molecular flexibility index (Phi) is 5.33.